The van der Waals surface area contributed by atoms with E-state index in [9.17, 15) is 9.59 Å². The average molecular weight is 338 g/mol. The molecular weight excluding hydrogens is 316 g/mol. The first-order chi connectivity index (χ1) is 12.1. The lowest BCUT2D eigenvalue weighted by molar-refractivity contribution is -0.122. The van der Waals surface area contributed by atoms with E-state index in [1.807, 2.05) is 6.92 Å². The van der Waals surface area contributed by atoms with Gasteiger partial charge >= 0.3 is 0 Å². The minimum Gasteiger partial charge on any atom is -0.333 e. The predicted molar refractivity (Wildman–Crippen MR) is 95.0 cm³/mol. The minimum absolute atomic E-state index is 0.0693. The lowest BCUT2D eigenvalue weighted by Gasteiger charge is -2.25. The smallest absolute Gasteiger partial charge is 0.254 e. The van der Waals surface area contributed by atoms with Gasteiger partial charge in [-0.2, -0.15) is 0 Å². The Bertz CT molecular complexity index is 742. The Hall–Kier alpha value is -2.76. The fourth-order valence-corrected chi connectivity index (χ4v) is 2.74. The SMILES string of the molecule is C[C@@H](c1ccncn1)N(C)C(=O)c1ccc(NC(=O)C2CCC2)cc1. The van der Waals surface area contributed by atoms with Crippen molar-refractivity contribution in [1.29, 1.82) is 0 Å². The van der Waals surface area contributed by atoms with Crippen molar-refractivity contribution in [3.05, 3.63) is 54.1 Å². The third kappa shape index (κ3) is 3.84. The quantitative estimate of drug-likeness (QED) is 0.909. The standard InChI is InChI=1S/C19H22N4O2/c1-13(17-10-11-20-12-21-17)23(2)19(25)15-6-8-16(9-7-15)22-18(24)14-4-3-5-14/h6-14H,3-5H2,1-2H3,(H,22,24)/t13-/m0/s1. The Balaban J connectivity index is 1.64. The molecule has 6 nitrogen and oxygen atoms in total. The highest BCUT2D eigenvalue weighted by Crippen LogP contribution is 2.27. The molecule has 1 atom stereocenters. The molecule has 0 saturated heterocycles. The molecule has 0 spiro atoms. The van der Waals surface area contributed by atoms with Crippen LogP contribution in [0.25, 0.3) is 0 Å². The van der Waals surface area contributed by atoms with Crippen LogP contribution in [-0.4, -0.2) is 33.7 Å². The van der Waals surface area contributed by atoms with Gasteiger partial charge < -0.3 is 10.2 Å². The lowest BCUT2D eigenvalue weighted by Crippen LogP contribution is -2.30. The summed E-state index contributed by atoms with van der Waals surface area (Å²) in [4.78, 5) is 34.4. The summed E-state index contributed by atoms with van der Waals surface area (Å²) in [7, 11) is 1.75. The van der Waals surface area contributed by atoms with Crippen LogP contribution < -0.4 is 5.32 Å². The molecule has 1 aliphatic rings. The third-order valence-corrected chi connectivity index (χ3v) is 4.81. The van der Waals surface area contributed by atoms with Gasteiger partial charge in [-0.25, -0.2) is 9.97 Å². The molecule has 1 aliphatic carbocycles. The van der Waals surface area contributed by atoms with Crippen molar-refractivity contribution >= 4 is 17.5 Å². The molecule has 0 aliphatic heterocycles. The van der Waals surface area contributed by atoms with E-state index in [4.69, 9.17) is 0 Å². The number of nitrogens with zero attached hydrogens (tertiary/aromatic N) is 3. The zero-order chi connectivity index (χ0) is 17.8. The summed E-state index contributed by atoms with van der Waals surface area (Å²) in [5.74, 6) is 0.115. The first-order valence-electron chi connectivity index (χ1n) is 8.50. The molecule has 1 aromatic carbocycles. The van der Waals surface area contributed by atoms with E-state index in [1.165, 1.54) is 6.33 Å². The summed E-state index contributed by atoms with van der Waals surface area (Å²) in [6, 6.07) is 8.66. The molecular formula is C19H22N4O2. The minimum atomic E-state index is -0.159. The maximum absolute atomic E-state index is 12.7. The summed E-state index contributed by atoms with van der Waals surface area (Å²) in [6.45, 7) is 1.92. The van der Waals surface area contributed by atoms with Gasteiger partial charge in [0, 0.05) is 30.4 Å². The maximum atomic E-state index is 12.7. The number of hydrogen-bond donors (Lipinski definition) is 1. The number of benzene rings is 1. The van der Waals surface area contributed by atoms with Crippen molar-refractivity contribution in [1.82, 2.24) is 14.9 Å². The van der Waals surface area contributed by atoms with Crippen LogP contribution in [0, 0.1) is 5.92 Å². The number of carbonyl (C=O) groups excluding carboxylic acids is 2. The van der Waals surface area contributed by atoms with Crippen molar-refractivity contribution in [3.63, 3.8) is 0 Å². The zero-order valence-electron chi connectivity index (χ0n) is 14.5. The van der Waals surface area contributed by atoms with Crippen molar-refractivity contribution in [2.75, 3.05) is 12.4 Å². The molecule has 1 aromatic heterocycles. The van der Waals surface area contributed by atoms with E-state index < -0.39 is 0 Å². The number of amides is 2. The molecule has 2 amide bonds. The van der Waals surface area contributed by atoms with Gasteiger partial charge in [-0.3, -0.25) is 9.59 Å². The summed E-state index contributed by atoms with van der Waals surface area (Å²) in [5.41, 5.74) is 2.08. The second-order valence-corrected chi connectivity index (χ2v) is 6.42. The topological polar surface area (TPSA) is 75.2 Å². The van der Waals surface area contributed by atoms with Gasteiger partial charge in [0.15, 0.2) is 0 Å². The summed E-state index contributed by atoms with van der Waals surface area (Å²) in [6.07, 6.45) is 6.20. The van der Waals surface area contributed by atoms with Crippen LogP contribution in [0.15, 0.2) is 42.9 Å². The summed E-state index contributed by atoms with van der Waals surface area (Å²) < 4.78 is 0. The lowest BCUT2D eigenvalue weighted by atomic mass is 9.85. The number of aromatic nitrogens is 2. The predicted octanol–water partition coefficient (Wildman–Crippen LogP) is 3.05. The average Bonchev–Trinajstić information content (AvgIpc) is 2.59. The number of hydrogen-bond acceptors (Lipinski definition) is 4. The van der Waals surface area contributed by atoms with Crippen LogP contribution in [0.2, 0.25) is 0 Å². The highest BCUT2D eigenvalue weighted by molar-refractivity contribution is 5.96. The monoisotopic (exact) mass is 338 g/mol. The maximum Gasteiger partial charge on any atom is 0.254 e. The number of nitrogens with one attached hydrogen (secondary N) is 1. The highest BCUT2D eigenvalue weighted by Gasteiger charge is 2.25. The Kier molecular flexibility index (Phi) is 5.07. The molecule has 0 unspecified atom stereocenters. The van der Waals surface area contributed by atoms with Crippen LogP contribution in [0.1, 0.15) is 48.3 Å². The molecule has 130 valence electrons. The highest BCUT2D eigenvalue weighted by atomic mass is 16.2. The van der Waals surface area contributed by atoms with Crippen LogP contribution in [0.4, 0.5) is 5.69 Å². The normalized spacial score (nSPS) is 15.1. The van der Waals surface area contributed by atoms with Crippen LogP contribution in [-0.2, 0) is 4.79 Å². The van der Waals surface area contributed by atoms with Gasteiger partial charge in [0.05, 0.1) is 11.7 Å². The number of rotatable bonds is 5. The van der Waals surface area contributed by atoms with E-state index in [0.717, 1.165) is 30.6 Å². The van der Waals surface area contributed by atoms with E-state index in [0.29, 0.717) is 5.56 Å². The molecule has 2 aromatic rings. The number of carbonyl (C=O) groups is 2. The van der Waals surface area contributed by atoms with E-state index >= 15 is 0 Å². The van der Waals surface area contributed by atoms with E-state index in [-0.39, 0.29) is 23.8 Å². The van der Waals surface area contributed by atoms with Gasteiger partial charge in [0.2, 0.25) is 5.91 Å². The van der Waals surface area contributed by atoms with E-state index in [2.05, 4.69) is 15.3 Å². The third-order valence-electron chi connectivity index (χ3n) is 4.81. The van der Waals surface area contributed by atoms with Crippen LogP contribution in [0.3, 0.4) is 0 Å². The van der Waals surface area contributed by atoms with Gasteiger partial charge in [0.25, 0.3) is 5.91 Å². The van der Waals surface area contributed by atoms with Crippen molar-refractivity contribution in [2.24, 2.45) is 5.92 Å². The fraction of sp³-hybridized carbons (Fsp3) is 0.368. The second kappa shape index (κ2) is 7.42. The molecule has 0 bridgehead atoms. The molecule has 1 heterocycles. The summed E-state index contributed by atoms with van der Waals surface area (Å²) >= 11 is 0. The zero-order valence-corrected chi connectivity index (χ0v) is 14.5. The van der Waals surface area contributed by atoms with Gasteiger partial charge in [-0.15, -0.1) is 0 Å². The Labute approximate surface area is 147 Å². The Morgan fingerprint density at radius 2 is 1.92 bits per heavy atom. The van der Waals surface area contributed by atoms with Crippen LogP contribution in [0.5, 0.6) is 0 Å². The molecule has 1 N–H and O–H groups in total. The van der Waals surface area contributed by atoms with Gasteiger partial charge in [-0.1, -0.05) is 6.42 Å². The van der Waals surface area contributed by atoms with Crippen molar-refractivity contribution in [2.45, 2.75) is 32.2 Å². The first kappa shape index (κ1) is 17.1. The molecule has 6 heteroatoms. The molecule has 1 saturated carbocycles. The Morgan fingerprint density at radius 1 is 1.20 bits per heavy atom. The second-order valence-electron chi connectivity index (χ2n) is 6.42. The summed E-state index contributed by atoms with van der Waals surface area (Å²) in [5, 5.41) is 2.91. The Morgan fingerprint density at radius 3 is 2.48 bits per heavy atom. The molecule has 3 rings (SSSR count). The largest absolute Gasteiger partial charge is 0.333 e. The molecule has 0 radical (unpaired) electrons. The van der Waals surface area contributed by atoms with E-state index in [1.54, 1.807) is 48.5 Å². The molecule has 25 heavy (non-hydrogen) atoms. The van der Waals surface area contributed by atoms with Gasteiger partial charge in [-0.05, 0) is 50.1 Å². The van der Waals surface area contributed by atoms with Crippen molar-refractivity contribution in [3.8, 4) is 0 Å². The van der Waals surface area contributed by atoms with Crippen LogP contribution >= 0.6 is 0 Å². The molecule has 1 fully saturated rings. The van der Waals surface area contributed by atoms with Crippen molar-refractivity contribution < 1.29 is 9.59 Å². The number of anilines is 1. The fourth-order valence-electron chi connectivity index (χ4n) is 2.74. The van der Waals surface area contributed by atoms with Gasteiger partial charge in [0.1, 0.15) is 6.33 Å². The first-order valence-corrected chi connectivity index (χ1v) is 8.50.